The van der Waals surface area contributed by atoms with E-state index in [1.165, 1.54) is 18.3 Å². The van der Waals surface area contributed by atoms with Gasteiger partial charge in [-0.05, 0) is 61.1 Å². The Kier molecular flexibility index (Phi) is 5.27. The largest absolute Gasteiger partial charge is 0.534 e. The Morgan fingerprint density at radius 1 is 1.33 bits per heavy atom. The van der Waals surface area contributed by atoms with Crippen molar-refractivity contribution < 1.29 is 30.9 Å². The topological polar surface area (TPSA) is 79.7 Å². The number of aromatic nitrogens is 1. The van der Waals surface area contributed by atoms with Crippen molar-refractivity contribution in [2.24, 2.45) is 11.8 Å². The van der Waals surface area contributed by atoms with Crippen molar-refractivity contribution in [1.29, 1.82) is 0 Å². The average Bonchev–Trinajstić information content (AvgIpc) is 2.71. The highest BCUT2D eigenvalue weighted by Crippen LogP contribution is 2.42. The first-order valence-electron chi connectivity index (χ1n) is 9.55. The van der Waals surface area contributed by atoms with Gasteiger partial charge in [0.2, 0.25) is 0 Å². The molecule has 10 heteroatoms. The van der Waals surface area contributed by atoms with Crippen LogP contribution in [0.25, 0.3) is 10.9 Å². The standard InChI is InChI=1S/C20H21F3N2O4S/c1-2-12-11-25-8-6-13(12)9-18(25)19(26)15-5-7-24-17-4-3-14(10-16(15)17)29-30(27,28)20(21,22)23/h2-5,7,10,12-13,18-19,26H,1,6,8-9,11H2. The van der Waals surface area contributed by atoms with Crippen molar-refractivity contribution in [1.82, 2.24) is 9.88 Å². The van der Waals surface area contributed by atoms with Gasteiger partial charge in [-0.25, -0.2) is 0 Å². The summed E-state index contributed by atoms with van der Waals surface area (Å²) in [6.07, 6.45) is 4.37. The first kappa shape index (κ1) is 21.1. The summed E-state index contributed by atoms with van der Waals surface area (Å²) in [6, 6.07) is 5.11. The Balaban J connectivity index is 1.67. The summed E-state index contributed by atoms with van der Waals surface area (Å²) >= 11 is 0. The van der Waals surface area contributed by atoms with E-state index in [1.54, 1.807) is 6.07 Å². The molecule has 3 saturated heterocycles. The predicted molar refractivity (Wildman–Crippen MR) is 104 cm³/mol. The van der Waals surface area contributed by atoms with Gasteiger partial charge in [0.15, 0.2) is 0 Å². The number of pyridine rings is 1. The molecule has 5 atom stereocenters. The number of piperidine rings is 3. The summed E-state index contributed by atoms with van der Waals surface area (Å²) in [4.78, 5) is 6.37. The molecule has 6 nitrogen and oxygen atoms in total. The lowest BCUT2D eigenvalue weighted by atomic mass is 9.73. The minimum atomic E-state index is -5.79. The molecular weight excluding hydrogens is 421 g/mol. The first-order valence-corrected chi connectivity index (χ1v) is 11.0. The Labute approximate surface area is 172 Å². The first-order chi connectivity index (χ1) is 14.1. The second-order valence-electron chi connectivity index (χ2n) is 7.75. The number of benzene rings is 1. The molecule has 4 heterocycles. The summed E-state index contributed by atoms with van der Waals surface area (Å²) in [5.41, 5.74) is -4.64. The lowest BCUT2D eigenvalue weighted by Gasteiger charge is -2.50. The molecule has 3 aliphatic heterocycles. The molecule has 3 aliphatic rings. The van der Waals surface area contributed by atoms with Gasteiger partial charge < -0.3 is 9.29 Å². The maximum atomic E-state index is 12.7. The number of aliphatic hydroxyl groups excluding tert-OH is 1. The fourth-order valence-corrected chi connectivity index (χ4v) is 4.99. The second-order valence-corrected chi connectivity index (χ2v) is 9.29. The van der Waals surface area contributed by atoms with Crippen molar-refractivity contribution >= 4 is 21.0 Å². The summed E-state index contributed by atoms with van der Waals surface area (Å²) in [5, 5.41) is 11.5. The van der Waals surface area contributed by atoms with Gasteiger partial charge in [-0.15, -0.1) is 6.58 Å². The minimum Gasteiger partial charge on any atom is -0.387 e. The van der Waals surface area contributed by atoms with Crippen molar-refractivity contribution in [3.63, 3.8) is 0 Å². The van der Waals surface area contributed by atoms with Crippen LogP contribution in [0.15, 0.2) is 43.1 Å². The molecule has 0 saturated carbocycles. The van der Waals surface area contributed by atoms with E-state index in [0.29, 0.717) is 28.3 Å². The van der Waals surface area contributed by atoms with Crippen LogP contribution in [0.2, 0.25) is 0 Å². The number of halogens is 3. The van der Waals surface area contributed by atoms with Crippen molar-refractivity contribution in [2.75, 3.05) is 13.1 Å². The zero-order valence-corrected chi connectivity index (χ0v) is 16.7. The molecule has 2 aromatic rings. The zero-order chi connectivity index (χ0) is 21.7. The third kappa shape index (κ3) is 3.67. The Bertz CT molecular complexity index is 1070. The monoisotopic (exact) mass is 442 g/mol. The van der Waals surface area contributed by atoms with E-state index in [1.807, 2.05) is 6.08 Å². The van der Waals surface area contributed by atoms with Crippen LogP contribution in [0, 0.1) is 11.8 Å². The fourth-order valence-electron chi connectivity index (χ4n) is 4.54. The molecular formula is C20H21F3N2O4S. The van der Waals surface area contributed by atoms with Gasteiger partial charge in [-0.1, -0.05) is 6.08 Å². The Hall–Kier alpha value is -2.17. The van der Waals surface area contributed by atoms with E-state index >= 15 is 0 Å². The highest BCUT2D eigenvalue weighted by molar-refractivity contribution is 7.88. The summed E-state index contributed by atoms with van der Waals surface area (Å²) in [6.45, 7) is 5.55. The normalized spacial score (nSPS) is 27.7. The molecule has 0 radical (unpaired) electrons. The summed E-state index contributed by atoms with van der Waals surface area (Å²) < 4.78 is 64.9. The van der Waals surface area contributed by atoms with Crippen LogP contribution in [0.3, 0.4) is 0 Å². The van der Waals surface area contributed by atoms with E-state index in [4.69, 9.17) is 0 Å². The molecule has 2 bridgehead atoms. The number of alkyl halides is 3. The van der Waals surface area contributed by atoms with Crippen LogP contribution in [0.1, 0.15) is 24.5 Å². The molecule has 5 unspecified atom stereocenters. The molecule has 3 fully saturated rings. The summed E-state index contributed by atoms with van der Waals surface area (Å²) in [7, 11) is -5.79. The maximum Gasteiger partial charge on any atom is 0.534 e. The molecule has 5 rings (SSSR count). The van der Waals surface area contributed by atoms with E-state index in [-0.39, 0.29) is 6.04 Å². The highest BCUT2D eigenvalue weighted by atomic mass is 32.2. The minimum absolute atomic E-state index is 0.144. The number of aliphatic hydroxyl groups is 1. The summed E-state index contributed by atoms with van der Waals surface area (Å²) in [5.74, 6) is 0.318. The van der Waals surface area contributed by atoms with Crippen LogP contribution in [-0.4, -0.2) is 48.0 Å². The highest BCUT2D eigenvalue weighted by Gasteiger charge is 2.48. The van der Waals surface area contributed by atoms with Crippen molar-refractivity contribution in [2.45, 2.75) is 30.5 Å². The predicted octanol–water partition coefficient (Wildman–Crippen LogP) is 3.39. The van der Waals surface area contributed by atoms with Gasteiger partial charge in [0.05, 0.1) is 11.6 Å². The molecule has 0 spiro atoms. The van der Waals surface area contributed by atoms with Gasteiger partial charge in [-0.3, -0.25) is 9.88 Å². The molecule has 30 heavy (non-hydrogen) atoms. The SMILES string of the molecule is C=CC1CN2CCC1CC2C(O)c1ccnc2ccc(OS(=O)(=O)C(F)(F)F)cc12. The van der Waals surface area contributed by atoms with Crippen LogP contribution in [0.4, 0.5) is 13.2 Å². The maximum absolute atomic E-state index is 12.7. The smallest absolute Gasteiger partial charge is 0.387 e. The average molecular weight is 442 g/mol. The van der Waals surface area contributed by atoms with Crippen molar-refractivity contribution in [3.8, 4) is 5.75 Å². The number of hydrogen-bond acceptors (Lipinski definition) is 6. The molecule has 1 N–H and O–H groups in total. The molecule has 0 aliphatic carbocycles. The van der Waals surface area contributed by atoms with Crippen LogP contribution >= 0.6 is 0 Å². The lowest BCUT2D eigenvalue weighted by molar-refractivity contribution is -0.0500. The van der Waals surface area contributed by atoms with E-state index in [2.05, 4.69) is 20.6 Å². The number of hydrogen-bond donors (Lipinski definition) is 1. The molecule has 1 aromatic carbocycles. The van der Waals surface area contributed by atoms with Gasteiger partial charge >= 0.3 is 15.6 Å². The zero-order valence-electron chi connectivity index (χ0n) is 15.9. The van der Waals surface area contributed by atoms with E-state index in [0.717, 1.165) is 32.0 Å². The molecule has 0 amide bonds. The third-order valence-corrected chi connectivity index (χ3v) is 7.05. The van der Waals surface area contributed by atoms with Crippen LogP contribution in [0.5, 0.6) is 5.75 Å². The number of fused-ring (bicyclic) bond motifs is 4. The third-order valence-electron chi connectivity index (χ3n) is 6.07. The number of nitrogens with zero attached hydrogens (tertiary/aromatic N) is 2. The van der Waals surface area contributed by atoms with Gasteiger partial charge in [-0.2, -0.15) is 21.6 Å². The Morgan fingerprint density at radius 2 is 2.10 bits per heavy atom. The van der Waals surface area contributed by atoms with E-state index in [9.17, 15) is 26.7 Å². The molecule has 1 aromatic heterocycles. The van der Waals surface area contributed by atoms with Crippen molar-refractivity contribution in [3.05, 3.63) is 48.7 Å². The lowest BCUT2D eigenvalue weighted by Crippen LogP contribution is -2.54. The van der Waals surface area contributed by atoms with Gasteiger partial charge in [0, 0.05) is 24.2 Å². The fraction of sp³-hybridized carbons (Fsp3) is 0.450. The van der Waals surface area contributed by atoms with Gasteiger partial charge in [0.1, 0.15) is 5.75 Å². The van der Waals surface area contributed by atoms with Crippen LogP contribution < -0.4 is 4.18 Å². The number of rotatable bonds is 5. The van der Waals surface area contributed by atoms with Crippen LogP contribution in [-0.2, 0) is 10.1 Å². The van der Waals surface area contributed by atoms with Gasteiger partial charge in [0.25, 0.3) is 0 Å². The second kappa shape index (κ2) is 7.51. The quantitative estimate of drug-likeness (QED) is 0.434. The molecule has 162 valence electrons. The Morgan fingerprint density at radius 3 is 2.73 bits per heavy atom. The van der Waals surface area contributed by atoms with E-state index < -0.39 is 27.5 Å².